The molecule has 0 aliphatic carbocycles. The molecule has 0 radical (unpaired) electrons. The van der Waals surface area contributed by atoms with Crippen LogP contribution in [-0.2, 0) is 10.4 Å². The smallest absolute Gasteiger partial charge is 0.219 e. The summed E-state index contributed by atoms with van der Waals surface area (Å²) in [6, 6.07) is 5.68. The van der Waals surface area contributed by atoms with Crippen LogP contribution in [0.25, 0.3) is 0 Å². The summed E-state index contributed by atoms with van der Waals surface area (Å²) in [4.78, 5) is 12.2. The molecule has 0 saturated heterocycles. The number of amides is 1. The predicted molar refractivity (Wildman–Crippen MR) is 74.9 cm³/mol. The monoisotopic (exact) mass is 281 g/mol. The van der Waals surface area contributed by atoms with Gasteiger partial charge in [0.25, 0.3) is 0 Å². The van der Waals surface area contributed by atoms with Crippen LogP contribution in [0.2, 0.25) is 0 Å². The lowest BCUT2D eigenvalue weighted by atomic mass is 9.94. The molecule has 0 spiro atoms. The minimum Gasteiger partial charge on any atom is -0.378 e. The Morgan fingerprint density at radius 3 is 2.83 bits per heavy atom. The summed E-state index contributed by atoms with van der Waals surface area (Å²) in [6.07, 6.45) is 0.421. The molecule has 2 rings (SSSR count). The number of carbonyl (C=O) groups is 1. The number of nitrogens with one attached hydrogen (secondary N) is 1. The van der Waals surface area contributed by atoms with Crippen LogP contribution in [0.3, 0.4) is 0 Å². The minimum atomic E-state index is -1.13. The number of rotatable bonds is 5. The van der Waals surface area contributed by atoms with Gasteiger partial charge in [-0.2, -0.15) is 11.3 Å². The van der Waals surface area contributed by atoms with Gasteiger partial charge in [0.2, 0.25) is 5.91 Å². The molecule has 0 aliphatic rings. The quantitative estimate of drug-likeness (QED) is 0.885. The summed E-state index contributed by atoms with van der Waals surface area (Å²) in [7, 11) is 0. The molecule has 18 heavy (non-hydrogen) atoms. The van der Waals surface area contributed by atoms with E-state index in [0.29, 0.717) is 6.42 Å². The molecule has 96 valence electrons. The van der Waals surface area contributed by atoms with Gasteiger partial charge in [-0.05, 0) is 28.3 Å². The predicted octanol–water partition coefficient (Wildman–Crippen LogP) is 2.57. The molecule has 2 heterocycles. The van der Waals surface area contributed by atoms with Crippen LogP contribution in [0, 0.1) is 0 Å². The van der Waals surface area contributed by atoms with Crippen LogP contribution < -0.4 is 5.32 Å². The van der Waals surface area contributed by atoms with Crippen LogP contribution >= 0.6 is 22.7 Å². The van der Waals surface area contributed by atoms with Crippen molar-refractivity contribution in [3.05, 3.63) is 44.8 Å². The second-order valence-corrected chi connectivity index (χ2v) is 5.71. The highest BCUT2D eigenvalue weighted by atomic mass is 32.1. The van der Waals surface area contributed by atoms with Gasteiger partial charge in [0.1, 0.15) is 5.60 Å². The van der Waals surface area contributed by atoms with E-state index in [9.17, 15) is 9.90 Å². The SMILES string of the molecule is CCC(=O)NCC(O)(c1ccsc1)c1cccs1. The lowest BCUT2D eigenvalue weighted by Crippen LogP contribution is -2.40. The van der Waals surface area contributed by atoms with Crippen LogP contribution in [0.1, 0.15) is 23.8 Å². The lowest BCUT2D eigenvalue weighted by Gasteiger charge is -2.26. The fourth-order valence-electron chi connectivity index (χ4n) is 1.70. The van der Waals surface area contributed by atoms with Gasteiger partial charge in [0, 0.05) is 16.9 Å². The number of carbonyl (C=O) groups excluding carboxylic acids is 1. The molecule has 3 nitrogen and oxygen atoms in total. The molecule has 2 aromatic heterocycles. The Hall–Kier alpha value is -1.17. The molecule has 2 N–H and O–H groups in total. The first-order valence-corrected chi connectivity index (χ1v) is 7.55. The zero-order chi connectivity index (χ0) is 13.0. The van der Waals surface area contributed by atoms with Crippen molar-refractivity contribution in [2.75, 3.05) is 6.54 Å². The van der Waals surface area contributed by atoms with Crippen molar-refractivity contribution in [1.82, 2.24) is 5.32 Å². The van der Waals surface area contributed by atoms with E-state index < -0.39 is 5.60 Å². The maximum absolute atomic E-state index is 11.4. The molecule has 0 aromatic carbocycles. The van der Waals surface area contributed by atoms with E-state index >= 15 is 0 Å². The van der Waals surface area contributed by atoms with Crippen LogP contribution in [0.5, 0.6) is 0 Å². The van der Waals surface area contributed by atoms with E-state index in [-0.39, 0.29) is 12.5 Å². The number of aliphatic hydroxyl groups is 1. The van der Waals surface area contributed by atoms with Crippen molar-refractivity contribution in [3.8, 4) is 0 Å². The summed E-state index contributed by atoms with van der Waals surface area (Å²) < 4.78 is 0. The number of hydrogen-bond acceptors (Lipinski definition) is 4. The van der Waals surface area contributed by atoms with Gasteiger partial charge in [0.15, 0.2) is 0 Å². The van der Waals surface area contributed by atoms with Crippen molar-refractivity contribution < 1.29 is 9.90 Å². The molecule has 0 bridgehead atoms. The fourth-order valence-corrected chi connectivity index (χ4v) is 3.27. The first kappa shape index (κ1) is 13.3. The Kier molecular flexibility index (Phi) is 4.16. The maximum atomic E-state index is 11.4. The molecule has 1 atom stereocenters. The summed E-state index contributed by atoms with van der Waals surface area (Å²) in [5, 5.41) is 19.4. The summed E-state index contributed by atoms with van der Waals surface area (Å²) in [5.74, 6) is -0.0554. The Morgan fingerprint density at radius 2 is 2.28 bits per heavy atom. The first-order chi connectivity index (χ1) is 8.66. The minimum absolute atomic E-state index is 0.0554. The van der Waals surface area contributed by atoms with Crippen molar-refractivity contribution >= 4 is 28.6 Å². The number of thiophene rings is 2. The normalized spacial score (nSPS) is 14.1. The second-order valence-electron chi connectivity index (χ2n) is 3.98. The second kappa shape index (κ2) is 5.65. The Labute approximate surface area is 114 Å². The molecule has 1 unspecified atom stereocenters. The molecular weight excluding hydrogens is 266 g/mol. The van der Waals surface area contributed by atoms with Crippen LogP contribution in [0.15, 0.2) is 34.3 Å². The standard InChI is InChI=1S/C13H15NO2S2/c1-2-12(15)14-9-13(16,10-5-7-17-8-10)11-4-3-6-18-11/h3-8,16H,2,9H2,1H3,(H,14,15). The molecule has 1 amide bonds. The first-order valence-electron chi connectivity index (χ1n) is 5.72. The van der Waals surface area contributed by atoms with Crippen molar-refractivity contribution in [2.45, 2.75) is 18.9 Å². The Bertz CT molecular complexity index is 457. The molecule has 0 fully saturated rings. The third kappa shape index (κ3) is 2.63. The lowest BCUT2D eigenvalue weighted by molar-refractivity contribution is -0.121. The van der Waals surface area contributed by atoms with Gasteiger partial charge in [-0.25, -0.2) is 0 Å². The van der Waals surface area contributed by atoms with Gasteiger partial charge in [-0.15, -0.1) is 11.3 Å². The molecule has 2 aromatic rings. The summed E-state index contributed by atoms with van der Waals surface area (Å²) >= 11 is 3.03. The maximum Gasteiger partial charge on any atom is 0.219 e. The van der Waals surface area contributed by atoms with E-state index in [4.69, 9.17) is 0 Å². The third-order valence-electron chi connectivity index (χ3n) is 2.79. The van der Waals surface area contributed by atoms with Gasteiger partial charge in [0.05, 0.1) is 6.54 Å². The van der Waals surface area contributed by atoms with Gasteiger partial charge >= 0.3 is 0 Å². The van der Waals surface area contributed by atoms with Crippen molar-refractivity contribution in [1.29, 1.82) is 0 Å². The Balaban J connectivity index is 2.26. The van der Waals surface area contributed by atoms with E-state index in [1.54, 1.807) is 6.92 Å². The molecule has 0 aliphatic heterocycles. The average molecular weight is 281 g/mol. The zero-order valence-electron chi connectivity index (χ0n) is 10.1. The third-order valence-corrected chi connectivity index (χ3v) is 4.49. The van der Waals surface area contributed by atoms with Gasteiger partial charge in [-0.1, -0.05) is 13.0 Å². The van der Waals surface area contributed by atoms with E-state index in [1.807, 2.05) is 34.3 Å². The highest BCUT2D eigenvalue weighted by Crippen LogP contribution is 2.33. The van der Waals surface area contributed by atoms with E-state index in [1.165, 1.54) is 22.7 Å². The summed E-state index contributed by atoms with van der Waals surface area (Å²) in [6.45, 7) is 2.00. The Morgan fingerprint density at radius 1 is 1.44 bits per heavy atom. The molecule has 5 heteroatoms. The van der Waals surface area contributed by atoms with Crippen molar-refractivity contribution in [3.63, 3.8) is 0 Å². The topological polar surface area (TPSA) is 49.3 Å². The van der Waals surface area contributed by atoms with Gasteiger partial charge < -0.3 is 10.4 Å². The van der Waals surface area contributed by atoms with Gasteiger partial charge in [-0.3, -0.25) is 4.79 Å². The molecule has 0 saturated carbocycles. The fraction of sp³-hybridized carbons (Fsp3) is 0.308. The highest BCUT2D eigenvalue weighted by molar-refractivity contribution is 7.10. The zero-order valence-corrected chi connectivity index (χ0v) is 11.7. The highest BCUT2D eigenvalue weighted by Gasteiger charge is 2.33. The molecular formula is C13H15NO2S2. The summed E-state index contributed by atoms with van der Waals surface area (Å²) in [5.41, 5.74) is -0.301. The average Bonchev–Trinajstić information content (AvgIpc) is 3.06. The van der Waals surface area contributed by atoms with Crippen LogP contribution in [-0.4, -0.2) is 17.6 Å². The van der Waals surface area contributed by atoms with E-state index in [2.05, 4.69) is 5.32 Å². The van der Waals surface area contributed by atoms with Crippen LogP contribution in [0.4, 0.5) is 0 Å². The number of hydrogen-bond donors (Lipinski definition) is 2. The van der Waals surface area contributed by atoms with Crippen molar-refractivity contribution in [2.24, 2.45) is 0 Å². The largest absolute Gasteiger partial charge is 0.378 e. The van der Waals surface area contributed by atoms with E-state index in [0.717, 1.165) is 10.4 Å².